The maximum absolute atomic E-state index is 14.8. The van der Waals surface area contributed by atoms with Crippen molar-refractivity contribution in [1.29, 1.82) is 0 Å². The van der Waals surface area contributed by atoms with Crippen LogP contribution in [-0.4, -0.2) is 67.1 Å². The van der Waals surface area contributed by atoms with E-state index in [2.05, 4.69) is 15.5 Å². The second-order valence-corrected chi connectivity index (χ2v) is 14.1. The van der Waals surface area contributed by atoms with E-state index in [1.54, 1.807) is 83.5 Å². The number of carboxylic acid groups (broad SMARTS) is 1. The fraction of sp³-hybridized carbons (Fsp3) is 0.242. The van der Waals surface area contributed by atoms with Crippen LogP contribution in [0.5, 0.6) is 0 Å². The molecule has 1 spiro atoms. The number of hydrogen-bond acceptors (Lipinski definition) is 7. The lowest BCUT2D eigenvalue weighted by Crippen LogP contribution is -2.39. The summed E-state index contributed by atoms with van der Waals surface area (Å²) in [5, 5.41) is 22.3. The van der Waals surface area contributed by atoms with E-state index in [0.717, 1.165) is 10.9 Å². The predicted octanol–water partition coefficient (Wildman–Crippen LogP) is 4.26. The molecule has 2 N–H and O–H groups in total. The van der Waals surface area contributed by atoms with Crippen molar-refractivity contribution >= 4 is 49.6 Å². The maximum Gasteiger partial charge on any atom is 0.404 e. The Labute approximate surface area is 269 Å². The van der Waals surface area contributed by atoms with Gasteiger partial charge in [-0.05, 0) is 49.1 Å². The lowest BCUT2D eigenvalue weighted by molar-refractivity contribution is -0.122. The number of hydrogen-bond donors (Lipinski definition) is 2. The molecule has 4 aromatic heterocycles. The van der Waals surface area contributed by atoms with Gasteiger partial charge < -0.3 is 15.3 Å². The Hall–Kier alpha value is -5.50. The number of benzene rings is 2. The summed E-state index contributed by atoms with van der Waals surface area (Å²) >= 11 is 0. The Morgan fingerprint density at radius 2 is 1.81 bits per heavy atom. The van der Waals surface area contributed by atoms with Gasteiger partial charge in [-0.1, -0.05) is 24.3 Å². The van der Waals surface area contributed by atoms with E-state index in [-0.39, 0.29) is 22.9 Å². The maximum atomic E-state index is 14.8. The van der Waals surface area contributed by atoms with Crippen LogP contribution in [0.4, 0.5) is 10.5 Å². The summed E-state index contributed by atoms with van der Waals surface area (Å²) in [6, 6.07) is 13.5. The third-order valence-corrected chi connectivity index (χ3v) is 11.3. The van der Waals surface area contributed by atoms with E-state index >= 15 is 0 Å². The highest BCUT2D eigenvalue weighted by Gasteiger charge is 2.56. The van der Waals surface area contributed by atoms with Gasteiger partial charge in [0, 0.05) is 60.8 Å². The molecular weight excluding hydrogens is 620 g/mol. The first-order valence-corrected chi connectivity index (χ1v) is 16.5. The van der Waals surface area contributed by atoms with Gasteiger partial charge >= 0.3 is 6.09 Å². The van der Waals surface area contributed by atoms with Crippen LogP contribution in [0, 0.1) is 0 Å². The first-order chi connectivity index (χ1) is 22.5. The Morgan fingerprint density at radius 1 is 1.02 bits per heavy atom. The van der Waals surface area contributed by atoms with Crippen LogP contribution in [0.15, 0.2) is 78.2 Å². The van der Waals surface area contributed by atoms with Crippen LogP contribution in [0.1, 0.15) is 24.8 Å². The number of aryl methyl sites for hydroxylation is 2. The van der Waals surface area contributed by atoms with E-state index in [1.165, 1.54) is 3.97 Å². The second-order valence-electron chi connectivity index (χ2n) is 12.3. The number of nitrogens with zero attached hydrogens (tertiary/aromatic N) is 7. The zero-order chi connectivity index (χ0) is 32.8. The SMILES string of the molecule is CN1C(=O)[C@]2(CC[C@@H](NC(=O)O)C2)c2c1cnc1c2c(-c2ccc3c(cnn3C)c2)c(-c2cnn(C)c2)n1S(=O)(=O)c1ccccc1. The molecule has 5 heterocycles. The quantitative estimate of drug-likeness (QED) is 0.280. The van der Waals surface area contributed by atoms with E-state index < -0.39 is 27.6 Å². The van der Waals surface area contributed by atoms with Crippen LogP contribution >= 0.6 is 0 Å². The van der Waals surface area contributed by atoms with Gasteiger partial charge in [-0.2, -0.15) is 10.2 Å². The Balaban J connectivity index is 1.55. The normalized spacial score (nSPS) is 19.3. The van der Waals surface area contributed by atoms with Gasteiger partial charge in [0.15, 0.2) is 5.65 Å². The molecule has 238 valence electrons. The molecule has 2 amide bonds. The van der Waals surface area contributed by atoms with Crippen molar-refractivity contribution in [1.82, 2.24) is 33.8 Å². The summed E-state index contributed by atoms with van der Waals surface area (Å²) in [5.41, 5.74) is 3.38. The van der Waals surface area contributed by atoms with Crippen LogP contribution in [0.2, 0.25) is 0 Å². The largest absolute Gasteiger partial charge is 0.465 e. The zero-order valence-corrected chi connectivity index (χ0v) is 26.6. The molecule has 2 aliphatic rings. The molecule has 8 rings (SSSR count). The van der Waals surface area contributed by atoms with Gasteiger partial charge in [0.1, 0.15) is 0 Å². The molecule has 47 heavy (non-hydrogen) atoms. The van der Waals surface area contributed by atoms with Gasteiger partial charge in [-0.25, -0.2) is 22.2 Å². The number of nitrogens with one attached hydrogen (secondary N) is 1. The molecule has 1 aliphatic carbocycles. The second kappa shape index (κ2) is 10.00. The van der Waals surface area contributed by atoms with Crippen molar-refractivity contribution in [2.24, 2.45) is 14.1 Å². The molecule has 0 unspecified atom stereocenters. The minimum Gasteiger partial charge on any atom is -0.465 e. The predicted molar refractivity (Wildman–Crippen MR) is 175 cm³/mol. The fourth-order valence-electron chi connectivity index (χ4n) is 7.59. The molecule has 2 atom stereocenters. The molecule has 14 heteroatoms. The molecule has 0 bridgehead atoms. The van der Waals surface area contributed by atoms with Gasteiger partial charge in [0.2, 0.25) is 5.91 Å². The summed E-state index contributed by atoms with van der Waals surface area (Å²) in [6.45, 7) is 0. The van der Waals surface area contributed by atoms with Crippen molar-refractivity contribution in [2.45, 2.75) is 35.6 Å². The van der Waals surface area contributed by atoms with Gasteiger partial charge in [0.25, 0.3) is 10.0 Å². The van der Waals surface area contributed by atoms with Crippen molar-refractivity contribution in [2.75, 3.05) is 11.9 Å². The van der Waals surface area contributed by atoms with Crippen molar-refractivity contribution in [3.8, 4) is 22.4 Å². The van der Waals surface area contributed by atoms with Gasteiger partial charge in [0.05, 0.1) is 45.8 Å². The number of rotatable bonds is 5. The molecule has 6 aromatic rings. The number of likely N-dealkylation sites (N-methyl/N-ethyl adjacent to an activating group) is 1. The molecule has 1 aliphatic heterocycles. The highest BCUT2D eigenvalue weighted by atomic mass is 32.2. The smallest absolute Gasteiger partial charge is 0.404 e. The van der Waals surface area contributed by atoms with Gasteiger partial charge in [-0.15, -0.1) is 0 Å². The average molecular weight is 651 g/mol. The number of pyridine rings is 1. The number of fused-ring (bicyclic) bond motifs is 5. The zero-order valence-electron chi connectivity index (χ0n) is 25.7. The number of carbonyl (C=O) groups excluding carboxylic acids is 1. The number of amides is 2. The minimum absolute atomic E-state index is 0.0769. The molecule has 13 nitrogen and oxygen atoms in total. The molecule has 0 radical (unpaired) electrons. The number of anilines is 1. The van der Waals surface area contributed by atoms with E-state index in [1.807, 2.05) is 25.2 Å². The lowest BCUT2D eigenvalue weighted by Gasteiger charge is -2.23. The third kappa shape index (κ3) is 4.07. The summed E-state index contributed by atoms with van der Waals surface area (Å²) in [6.07, 6.45) is 6.59. The molecule has 0 saturated heterocycles. The Bertz CT molecular complexity index is 2390. The fourth-order valence-corrected chi connectivity index (χ4v) is 9.10. The van der Waals surface area contributed by atoms with Crippen molar-refractivity contribution in [3.05, 3.63) is 78.9 Å². The van der Waals surface area contributed by atoms with Crippen molar-refractivity contribution < 1.29 is 23.1 Å². The minimum atomic E-state index is -4.25. The van der Waals surface area contributed by atoms with Crippen LogP contribution in [-0.2, 0) is 34.3 Å². The lowest BCUT2D eigenvalue weighted by atomic mass is 9.77. The summed E-state index contributed by atoms with van der Waals surface area (Å²) in [5.74, 6) is -0.174. The Kier molecular flexibility index (Phi) is 6.16. The summed E-state index contributed by atoms with van der Waals surface area (Å²) < 4.78 is 34.2. The first-order valence-electron chi connectivity index (χ1n) is 15.1. The standard InChI is InChI=1S/C33H30N8O5S/c1-38-18-21(16-35-38)29-26(19-9-10-24-20(13-19)15-36-40(24)3)27-28-25(39(2)31(42)33(28)12-11-22(14-33)37-32(43)44)17-34-30(27)41(29)47(45,46)23-7-5-4-6-8-23/h4-10,13,15-18,22,37H,11-12,14H2,1-3H3,(H,43,44)/t22-,33+/m1/s1. The Morgan fingerprint density at radius 3 is 2.53 bits per heavy atom. The van der Waals surface area contributed by atoms with Crippen LogP contribution in [0.25, 0.3) is 44.3 Å². The molecular formula is C33H30N8O5S. The summed E-state index contributed by atoms with van der Waals surface area (Å²) in [7, 11) is 1.04. The van der Waals surface area contributed by atoms with Gasteiger partial charge in [-0.3, -0.25) is 14.2 Å². The van der Waals surface area contributed by atoms with Crippen LogP contribution in [0.3, 0.4) is 0 Å². The summed E-state index contributed by atoms with van der Waals surface area (Å²) in [4.78, 5) is 32.3. The van der Waals surface area contributed by atoms with E-state index in [4.69, 9.17) is 4.98 Å². The molecule has 1 saturated carbocycles. The monoisotopic (exact) mass is 650 g/mol. The first kappa shape index (κ1) is 28.9. The van der Waals surface area contributed by atoms with E-state index in [9.17, 15) is 23.1 Å². The topological polar surface area (TPSA) is 157 Å². The number of aromatic nitrogens is 6. The highest BCUT2D eigenvalue weighted by Crippen LogP contribution is 2.56. The average Bonchev–Trinajstić information content (AvgIpc) is 3.86. The van der Waals surface area contributed by atoms with Crippen molar-refractivity contribution in [3.63, 3.8) is 0 Å². The highest BCUT2D eigenvalue weighted by molar-refractivity contribution is 7.90. The number of carbonyl (C=O) groups is 2. The van der Waals surface area contributed by atoms with Crippen LogP contribution < -0.4 is 10.2 Å². The molecule has 2 aromatic carbocycles. The van der Waals surface area contributed by atoms with E-state index in [0.29, 0.717) is 51.9 Å². The molecule has 1 fully saturated rings. The third-order valence-electron chi connectivity index (χ3n) is 9.61.